The fourth-order valence-electron chi connectivity index (χ4n) is 4.75. The van der Waals surface area contributed by atoms with Gasteiger partial charge in [-0.1, -0.05) is 13.8 Å². The zero-order chi connectivity index (χ0) is 30.0. The molecule has 2 unspecified atom stereocenters. The molecule has 1 amide bonds. The van der Waals surface area contributed by atoms with Crippen LogP contribution in [0.5, 0.6) is 5.75 Å². The van der Waals surface area contributed by atoms with Gasteiger partial charge in [0.25, 0.3) is 0 Å². The standard InChI is InChI=1S/C14H17FN4O.C11H13FN2O2.C2H6.C2H2/c1-8-4-12(20)19(14(16)18-8)13(9-2-3-9)10-5-11(15)7-17-6-10;1-11(2)6-9(13-14-15)8-5-7(12)3-4-10(8)16-11;2*1-2/h5-9,13H,2-4H2,1H3,(H2,16,18);3-5,9H,6H2,1-2H3,(H,13,15);1-2H3;1-2H/t8-,13?;;;/m1.../s1. The number of aliphatic imine (C=N–C) groups is 1. The first-order valence-electron chi connectivity index (χ1n) is 13.2. The van der Waals surface area contributed by atoms with Gasteiger partial charge in [-0.15, -0.1) is 17.8 Å². The molecule has 2 aromatic rings. The van der Waals surface area contributed by atoms with Gasteiger partial charge in [0.15, 0.2) is 5.96 Å². The van der Waals surface area contributed by atoms with Gasteiger partial charge in [-0.3, -0.25) is 20.1 Å². The molecule has 5 rings (SSSR count). The molecule has 2 aliphatic heterocycles. The van der Waals surface area contributed by atoms with E-state index in [0.717, 1.165) is 19.0 Å². The van der Waals surface area contributed by atoms with E-state index in [1.807, 2.05) is 34.6 Å². The summed E-state index contributed by atoms with van der Waals surface area (Å²) >= 11 is 0. The smallest absolute Gasteiger partial charge is 0.232 e. The monoisotopic (exact) mass is 556 g/mol. The number of hydrogen-bond acceptors (Lipinski definition) is 7. The van der Waals surface area contributed by atoms with E-state index in [4.69, 9.17) is 10.5 Å². The highest BCUT2D eigenvalue weighted by molar-refractivity contribution is 5.99. The number of terminal acetylenes is 1. The summed E-state index contributed by atoms with van der Waals surface area (Å²) in [4.78, 5) is 32.3. The van der Waals surface area contributed by atoms with Crippen molar-refractivity contribution in [3.63, 3.8) is 0 Å². The summed E-state index contributed by atoms with van der Waals surface area (Å²) < 4.78 is 32.2. The molecule has 0 saturated heterocycles. The predicted molar refractivity (Wildman–Crippen MR) is 151 cm³/mol. The van der Waals surface area contributed by atoms with E-state index < -0.39 is 11.4 Å². The number of amides is 1. The molecule has 1 aliphatic carbocycles. The number of benzene rings is 1. The van der Waals surface area contributed by atoms with Crippen LogP contribution < -0.4 is 15.9 Å². The minimum atomic E-state index is -0.401. The fraction of sp³-hybridized carbons (Fsp3) is 0.483. The van der Waals surface area contributed by atoms with Crippen molar-refractivity contribution in [1.82, 2.24) is 15.3 Å². The first-order valence-corrected chi connectivity index (χ1v) is 13.2. The number of aromatic nitrogens is 1. The maximum Gasteiger partial charge on any atom is 0.232 e. The number of rotatable bonds is 5. The summed E-state index contributed by atoms with van der Waals surface area (Å²) in [7, 11) is 0. The first kappa shape index (κ1) is 32.1. The minimum Gasteiger partial charge on any atom is -0.487 e. The molecule has 3 heterocycles. The van der Waals surface area contributed by atoms with Crippen LogP contribution in [0.4, 0.5) is 8.78 Å². The van der Waals surface area contributed by atoms with Gasteiger partial charge in [-0.2, -0.15) is 0 Å². The Bertz CT molecular complexity index is 1220. The first-order chi connectivity index (χ1) is 19.1. The highest BCUT2D eigenvalue weighted by atomic mass is 19.1. The predicted octanol–water partition coefficient (Wildman–Crippen LogP) is 5.58. The number of guanidine groups is 1. The van der Waals surface area contributed by atoms with E-state index in [0.29, 0.717) is 35.6 Å². The largest absolute Gasteiger partial charge is 0.487 e. The Morgan fingerprint density at radius 1 is 1.18 bits per heavy atom. The number of pyridine rings is 1. The molecule has 0 spiro atoms. The lowest BCUT2D eigenvalue weighted by Crippen LogP contribution is -2.49. The summed E-state index contributed by atoms with van der Waals surface area (Å²) in [5, 5.41) is 2.68. The van der Waals surface area contributed by atoms with Crippen LogP contribution in [0.15, 0.2) is 46.9 Å². The van der Waals surface area contributed by atoms with Gasteiger partial charge in [0.1, 0.15) is 23.0 Å². The molecule has 11 heteroatoms. The number of ether oxygens (including phenoxy) is 1. The second kappa shape index (κ2) is 14.4. The molecule has 0 radical (unpaired) electrons. The number of nitroso groups, excluding NO2 is 1. The van der Waals surface area contributed by atoms with Crippen LogP contribution in [0.1, 0.15) is 83.5 Å². The number of carbonyl (C=O) groups is 1. The third-order valence-electron chi connectivity index (χ3n) is 6.39. The zero-order valence-corrected chi connectivity index (χ0v) is 23.6. The van der Waals surface area contributed by atoms with Gasteiger partial charge in [0.2, 0.25) is 5.91 Å². The average molecular weight is 557 g/mol. The topological polar surface area (TPSA) is 122 Å². The quantitative estimate of drug-likeness (QED) is 0.282. The zero-order valence-electron chi connectivity index (χ0n) is 23.6. The van der Waals surface area contributed by atoms with Crippen LogP contribution in [0.3, 0.4) is 0 Å². The Morgan fingerprint density at radius 2 is 1.85 bits per heavy atom. The van der Waals surface area contributed by atoms with Crippen LogP contribution in [0.25, 0.3) is 0 Å². The van der Waals surface area contributed by atoms with Gasteiger partial charge in [-0.25, -0.2) is 13.8 Å². The number of fused-ring (bicyclic) bond motifs is 1. The lowest BCUT2D eigenvalue weighted by molar-refractivity contribution is -0.130. The maximum absolute atomic E-state index is 13.4. The van der Waals surface area contributed by atoms with E-state index >= 15 is 0 Å². The van der Waals surface area contributed by atoms with Crippen molar-refractivity contribution < 1.29 is 18.3 Å². The molecular weight excluding hydrogens is 518 g/mol. The molecule has 1 aromatic heterocycles. The van der Waals surface area contributed by atoms with Crippen molar-refractivity contribution in [3.8, 4) is 18.6 Å². The third kappa shape index (κ3) is 8.21. The summed E-state index contributed by atoms with van der Waals surface area (Å²) in [5.74, 6) is 0.339. The highest BCUT2D eigenvalue weighted by Crippen LogP contribution is 2.45. The van der Waals surface area contributed by atoms with Gasteiger partial charge in [0.05, 0.1) is 29.6 Å². The second-order valence-corrected chi connectivity index (χ2v) is 10.0. The number of nitrogens with two attached hydrogens (primary N) is 1. The average Bonchev–Trinajstić information content (AvgIpc) is 3.74. The summed E-state index contributed by atoms with van der Waals surface area (Å²) in [6.45, 7) is 9.69. The van der Waals surface area contributed by atoms with Gasteiger partial charge in [-0.05, 0) is 69.4 Å². The molecular formula is C29H38F2N6O3. The number of nitrogens with zero attached hydrogens (tertiary/aromatic N) is 4. The Morgan fingerprint density at radius 3 is 2.42 bits per heavy atom. The number of halogens is 2. The van der Waals surface area contributed by atoms with Crippen molar-refractivity contribution >= 4 is 11.9 Å². The van der Waals surface area contributed by atoms with Crippen molar-refractivity contribution in [1.29, 1.82) is 0 Å². The number of hydrogen-bond donors (Lipinski definition) is 2. The summed E-state index contributed by atoms with van der Waals surface area (Å²) in [6.07, 6.45) is 13.7. The molecule has 3 atom stereocenters. The van der Waals surface area contributed by atoms with E-state index in [2.05, 4.69) is 33.5 Å². The molecule has 40 heavy (non-hydrogen) atoms. The van der Waals surface area contributed by atoms with E-state index in [9.17, 15) is 18.5 Å². The van der Waals surface area contributed by atoms with Crippen LogP contribution >= 0.6 is 0 Å². The molecule has 9 nitrogen and oxygen atoms in total. The summed E-state index contributed by atoms with van der Waals surface area (Å²) in [6, 6.07) is 5.07. The van der Waals surface area contributed by atoms with Crippen molar-refractivity contribution in [3.05, 3.63) is 64.3 Å². The Kier molecular flexibility index (Phi) is 11.5. The molecule has 1 fully saturated rings. The molecule has 3 N–H and O–H groups in total. The molecule has 1 saturated carbocycles. The SMILES string of the molecule is C#C.CC.CC1(C)CC(NN=O)c2cc(F)ccc2O1.C[C@@H]1CC(=O)N(C(c2cncc(F)c2)C2CC2)C(N)=N1. The van der Waals surface area contributed by atoms with E-state index in [-0.39, 0.29) is 35.8 Å². The molecule has 0 bridgehead atoms. The lowest BCUT2D eigenvalue weighted by atomic mass is 9.90. The van der Waals surface area contributed by atoms with Gasteiger partial charge in [0, 0.05) is 24.6 Å². The number of carbonyl (C=O) groups excluding carboxylic acids is 1. The van der Waals surface area contributed by atoms with E-state index in [1.165, 1.54) is 23.1 Å². The molecule has 3 aliphatic rings. The Hall–Kier alpha value is -4.07. The van der Waals surface area contributed by atoms with Crippen LogP contribution in [0, 0.1) is 35.3 Å². The Balaban J connectivity index is 0.000000254. The maximum atomic E-state index is 13.4. The van der Waals surface area contributed by atoms with Crippen LogP contribution in [-0.2, 0) is 4.79 Å². The highest BCUT2D eigenvalue weighted by Gasteiger charge is 2.42. The van der Waals surface area contributed by atoms with Gasteiger partial charge >= 0.3 is 0 Å². The summed E-state index contributed by atoms with van der Waals surface area (Å²) in [5.41, 5.74) is 9.32. The third-order valence-corrected chi connectivity index (χ3v) is 6.39. The number of nitrogens with one attached hydrogen (secondary N) is 1. The van der Waals surface area contributed by atoms with Gasteiger partial charge < -0.3 is 10.5 Å². The van der Waals surface area contributed by atoms with Crippen LogP contribution in [0.2, 0.25) is 0 Å². The van der Waals surface area contributed by atoms with Crippen LogP contribution in [-0.4, -0.2) is 33.4 Å². The fourth-order valence-corrected chi connectivity index (χ4v) is 4.75. The Labute approximate surface area is 234 Å². The molecule has 1 aromatic carbocycles. The van der Waals surface area contributed by atoms with Crippen molar-refractivity contribution in [2.45, 2.75) is 84.0 Å². The lowest BCUT2D eigenvalue weighted by Gasteiger charge is -2.36. The normalized spacial score (nSPS) is 21.2. The second-order valence-electron chi connectivity index (χ2n) is 10.0. The molecule has 216 valence electrons. The van der Waals surface area contributed by atoms with Crippen molar-refractivity contribution in [2.24, 2.45) is 21.9 Å². The van der Waals surface area contributed by atoms with Crippen molar-refractivity contribution in [2.75, 3.05) is 0 Å². The minimum absolute atomic E-state index is 0.0499. The van der Waals surface area contributed by atoms with E-state index in [1.54, 1.807) is 12.3 Å².